The third kappa shape index (κ3) is 9.12. The lowest BCUT2D eigenvalue weighted by Crippen LogP contribution is -2.38. The molecule has 0 aliphatic carbocycles. The first kappa shape index (κ1) is 16.4. The van der Waals surface area contributed by atoms with Crippen LogP contribution in [0.3, 0.4) is 0 Å². The van der Waals surface area contributed by atoms with E-state index in [1.54, 1.807) is 7.11 Å². The zero-order valence-electron chi connectivity index (χ0n) is 11.9. The van der Waals surface area contributed by atoms with E-state index in [-0.39, 0.29) is 17.4 Å². The molecule has 0 fully saturated rings. The lowest BCUT2D eigenvalue weighted by atomic mass is 9.89. The van der Waals surface area contributed by atoms with E-state index >= 15 is 0 Å². The monoisotopic (exact) mass is 244 g/mol. The Hall–Kier alpha value is -0.610. The molecule has 1 amide bonds. The van der Waals surface area contributed by atoms with Crippen LogP contribution < -0.4 is 10.6 Å². The number of nitrogens with one attached hydrogen (secondary N) is 2. The molecule has 0 rings (SSSR count). The standard InChI is InChI=1S/C13H28N2O2/c1-6-14-11(2)9-12(16)15-10-13(3,4)7-8-17-5/h11,14H,6-10H2,1-5H3,(H,15,16). The summed E-state index contributed by atoms with van der Waals surface area (Å²) in [6.07, 6.45) is 1.49. The number of hydrogen-bond donors (Lipinski definition) is 2. The first-order chi connectivity index (χ1) is 7.91. The Morgan fingerprint density at radius 2 is 2.06 bits per heavy atom. The molecule has 0 spiro atoms. The Balaban J connectivity index is 3.82. The zero-order valence-corrected chi connectivity index (χ0v) is 11.9. The maximum Gasteiger partial charge on any atom is 0.221 e. The predicted octanol–water partition coefficient (Wildman–Crippen LogP) is 1.55. The van der Waals surface area contributed by atoms with Gasteiger partial charge in [0.05, 0.1) is 0 Å². The van der Waals surface area contributed by atoms with Gasteiger partial charge >= 0.3 is 0 Å². The second kappa shape index (κ2) is 8.48. The van der Waals surface area contributed by atoms with E-state index in [9.17, 15) is 4.79 Å². The van der Waals surface area contributed by atoms with Gasteiger partial charge in [0.2, 0.25) is 5.91 Å². The Morgan fingerprint density at radius 1 is 1.41 bits per heavy atom. The molecule has 102 valence electrons. The van der Waals surface area contributed by atoms with Gasteiger partial charge in [-0.05, 0) is 25.3 Å². The van der Waals surface area contributed by atoms with Crippen molar-refractivity contribution >= 4 is 5.91 Å². The third-order valence-electron chi connectivity index (χ3n) is 2.79. The summed E-state index contributed by atoms with van der Waals surface area (Å²) < 4.78 is 5.06. The van der Waals surface area contributed by atoms with Crippen LogP contribution in [0, 0.1) is 5.41 Å². The smallest absolute Gasteiger partial charge is 0.221 e. The van der Waals surface area contributed by atoms with Crippen LogP contribution >= 0.6 is 0 Å². The molecule has 0 aromatic rings. The molecule has 0 aliphatic heterocycles. The lowest BCUT2D eigenvalue weighted by Gasteiger charge is -2.25. The van der Waals surface area contributed by atoms with Crippen molar-refractivity contribution in [3.63, 3.8) is 0 Å². The summed E-state index contributed by atoms with van der Waals surface area (Å²) >= 11 is 0. The number of hydrogen-bond acceptors (Lipinski definition) is 3. The van der Waals surface area contributed by atoms with Crippen molar-refractivity contribution in [2.45, 2.75) is 46.6 Å². The highest BCUT2D eigenvalue weighted by Gasteiger charge is 2.18. The minimum atomic E-state index is 0.0904. The molecule has 4 heteroatoms. The summed E-state index contributed by atoms with van der Waals surface area (Å²) in [7, 11) is 1.70. The molecule has 1 unspecified atom stereocenters. The van der Waals surface area contributed by atoms with Gasteiger partial charge in [-0.25, -0.2) is 0 Å². The van der Waals surface area contributed by atoms with Crippen LogP contribution in [0.1, 0.15) is 40.5 Å². The molecule has 17 heavy (non-hydrogen) atoms. The Morgan fingerprint density at radius 3 is 2.59 bits per heavy atom. The van der Waals surface area contributed by atoms with E-state index in [0.29, 0.717) is 13.0 Å². The van der Waals surface area contributed by atoms with Crippen molar-refractivity contribution in [2.24, 2.45) is 5.41 Å². The Kier molecular flexibility index (Phi) is 8.17. The summed E-state index contributed by atoms with van der Waals surface area (Å²) in [6, 6.07) is 0.238. The molecule has 2 N–H and O–H groups in total. The molecule has 0 aliphatic rings. The number of ether oxygens (including phenoxy) is 1. The molecule has 0 aromatic heterocycles. The van der Waals surface area contributed by atoms with Crippen LogP contribution in [0.25, 0.3) is 0 Å². The van der Waals surface area contributed by atoms with Crippen molar-refractivity contribution in [2.75, 3.05) is 26.8 Å². The van der Waals surface area contributed by atoms with Gasteiger partial charge in [0, 0.05) is 32.7 Å². The molecule has 0 aromatic carbocycles. The quantitative estimate of drug-likeness (QED) is 0.647. The zero-order chi connectivity index (χ0) is 13.3. The second-order valence-corrected chi connectivity index (χ2v) is 5.35. The van der Waals surface area contributed by atoms with Gasteiger partial charge in [-0.1, -0.05) is 20.8 Å². The number of rotatable bonds is 9. The van der Waals surface area contributed by atoms with Crippen molar-refractivity contribution in [3.05, 3.63) is 0 Å². The average Bonchev–Trinajstić information content (AvgIpc) is 2.24. The van der Waals surface area contributed by atoms with Crippen LogP contribution in [-0.4, -0.2) is 38.8 Å². The van der Waals surface area contributed by atoms with Crippen molar-refractivity contribution < 1.29 is 9.53 Å². The average molecular weight is 244 g/mol. The summed E-state index contributed by atoms with van der Waals surface area (Å²) in [5.74, 6) is 0.115. The van der Waals surface area contributed by atoms with E-state index in [1.165, 1.54) is 0 Å². The van der Waals surface area contributed by atoms with E-state index in [1.807, 2.05) is 13.8 Å². The van der Waals surface area contributed by atoms with E-state index < -0.39 is 0 Å². The van der Waals surface area contributed by atoms with Gasteiger partial charge in [0.15, 0.2) is 0 Å². The molecule has 4 nitrogen and oxygen atoms in total. The normalized spacial score (nSPS) is 13.5. The topological polar surface area (TPSA) is 50.4 Å². The third-order valence-corrected chi connectivity index (χ3v) is 2.79. The second-order valence-electron chi connectivity index (χ2n) is 5.35. The van der Waals surface area contributed by atoms with Crippen molar-refractivity contribution in [3.8, 4) is 0 Å². The van der Waals surface area contributed by atoms with Crippen molar-refractivity contribution in [1.29, 1.82) is 0 Å². The van der Waals surface area contributed by atoms with Gasteiger partial charge in [-0.3, -0.25) is 4.79 Å². The highest BCUT2D eigenvalue weighted by atomic mass is 16.5. The van der Waals surface area contributed by atoms with Crippen LogP contribution in [0.2, 0.25) is 0 Å². The highest BCUT2D eigenvalue weighted by molar-refractivity contribution is 5.76. The van der Waals surface area contributed by atoms with Gasteiger partial charge in [-0.15, -0.1) is 0 Å². The number of carbonyl (C=O) groups excluding carboxylic acids is 1. The minimum absolute atomic E-state index is 0.0904. The molecule has 0 radical (unpaired) electrons. The van der Waals surface area contributed by atoms with E-state index in [0.717, 1.165) is 19.6 Å². The molecular weight excluding hydrogens is 216 g/mol. The molecule has 0 bridgehead atoms. The van der Waals surface area contributed by atoms with E-state index in [2.05, 4.69) is 24.5 Å². The highest BCUT2D eigenvalue weighted by Crippen LogP contribution is 2.18. The lowest BCUT2D eigenvalue weighted by molar-refractivity contribution is -0.122. The fourth-order valence-corrected chi connectivity index (χ4v) is 1.58. The molecular formula is C13H28N2O2. The summed E-state index contributed by atoms with van der Waals surface area (Å²) in [5.41, 5.74) is 0.0904. The SMILES string of the molecule is CCNC(C)CC(=O)NCC(C)(C)CCOC. The molecule has 0 heterocycles. The number of amides is 1. The van der Waals surface area contributed by atoms with Crippen molar-refractivity contribution in [1.82, 2.24) is 10.6 Å². The Labute approximate surface area is 105 Å². The molecule has 0 saturated carbocycles. The first-order valence-electron chi connectivity index (χ1n) is 6.40. The summed E-state index contributed by atoms with van der Waals surface area (Å²) in [4.78, 5) is 11.7. The number of carbonyl (C=O) groups is 1. The van der Waals surface area contributed by atoms with Gasteiger partial charge in [0.1, 0.15) is 0 Å². The van der Waals surface area contributed by atoms with E-state index in [4.69, 9.17) is 4.74 Å². The number of methoxy groups -OCH3 is 1. The minimum Gasteiger partial charge on any atom is -0.385 e. The largest absolute Gasteiger partial charge is 0.385 e. The fraction of sp³-hybridized carbons (Fsp3) is 0.923. The summed E-state index contributed by atoms with van der Waals surface area (Å²) in [5, 5.41) is 6.21. The van der Waals surface area contributed by atoms with Crippen LogP contribution in [0.15, 0.2) is 0 Å². The van der Waals surface area contributed by atoms with Crippen LogP contribution in [0.5, 0.6) is 0 Å². The maximum absolute atomic E-state index is 11.7. The van der Waals surface area contributed by atoms with Gasteiger partial charge in [-0.2, -0.15) is 0 Å². The molecule has 1 atom stereocenters. The molecule has 0 saturated heterocycles. The fourth-order valence-electron chi connectivity index (χ4n) is 1.58. The maximum atomic E-state index is 11.7. The summed E-state index contributed by atoms with van der Waals surface area (Å²) in [6.45, 7) is 10.7. The van der Waals surface area contributed by atoms with Gasteiger partial charge in [0.25, 0.3) is 0 Å². The first-order valence-corrected chi connectivity index (χ1v) is 6.40. The Bertz CT molecular complexity index is 217. The predicted molar refractivity (Wildman–Crippen MR) is 71.0 cm³/mol. The van der Waals surface area contributed by atoms with Crippen LogP contribution in [-0.2, 0) is 9.53 Å². The van der Waals surface area contributed by atoms with Gasteiger partial charge < -0.3 is 15.4 Å². The van der Waals surface area contributed by atoms with Crippen LogP contribution in [0.4, 0.5) is 0 Å².